The molecule has 6 heteroatoms. The van der Waals surface area contributed by atoms with Crippen molar-refractivity contribution < 1.29 is 19.5 Å². The Morgan fingerprint density at radius 3 is 2.36 bits per heavy atom. The molecule has 0 aliphatic rings. The van der Waals surface area contributed by atoms with E-state index in [0.717, 1.165) is 5.56 Å². The van der Waals surface area contributed by atoms with Crippen molar-refractivity contribution in [3.8, 4) is 0 Å². The first kappa shape index (κ1) is 18.2. The molecule has 2 aromatic rings. The van der Waals surface area contributed by atoms with Gasteiger partial charge in [0.15, 0.2) is 0 Å². The van der Waals surface area contributed by atoms with Crippen LogP contribution >= 0.6 is 0 Å². The molecule has 6 nitrogen and oxygen atoms in total. The maximum absolute atomic E-state index is 12.3. The number of carbonyl (C=O) groups excluding carboxylic acids is 2. The van der Waals surface area contributed by atoms with E-state index in [9.17, 15) is 19.5 Å². The molecule has 0 saturated carbocycles. The van der Waals surface area contributed by atoms with Gasteiger partial charge in [-0.15, -0.1) is 0 Å². The number of nitrogens with one attached hydrogen (secondary N) is 2. The fraction of sp³-hybridized carbons (Fsp3) is 0.211. The number of rotatable bonds is 6. The minimum atomic E-state index is -1.06. The first-order valence-corrected chi connectivity index (χ1v) is 7.82. The molecular weight excluding hydrogens is 320 g/mol. The van der Waals surface area contributed by atoms with E-state index in [4.69, 9.17) is 0 Å². The van der Waals surface area contributed by atoms with E-state index >= 15 is 0 Å². The van der Waals surface area contributed by atoms with Crippen molar-refractivity contribution in [1.29, 1.82) is 0 Å². The summed E-state index contributed by atoms with van der Waals surface area (Å²) < 4.78 is 0. The number of aliphatic carboxylic acids is 1. The van der Waals surface area contributed by atoms with Crippen molar-refractivity contribution in [2.45, 2.75) is 19.3 Å². The van der Waals surface area contributed by atoms with Crippen LogP contribution in [0.1, 0.15) is 33.8 Å². The van der Waals surface area contributed by atoms with Gasteiger partial charge in [0.25, 0.3) is 5.91 Å². The van der Waals surface area contributed by atoms with E-state index in [1.54, 1.807) is 55.5 Å². The van der Waals surface area contributed by atoms with Crippen LogP contribution < -0.4 is 10.6 Å². The molecular formula is C19H20N2O4. The lowest BCUT2D eigenvalue weighted by atomic mass is 9.95. The molecule has 0 spiro atoms. The second-order valence-electron chi connectivity index (χ2n) is 5.66. The van der Waals surface area contributed by atoms with E-state index in [1.165, 1.54) is 7.05 Å². The highest BCUT2D eigenvalue weighted by molar-refractivity contribution is 5.98. The van der Waals surface area contributed by atoms with Crippen LogP contribution in [0.2, 0.25) is 0 Å². The van der Waals surface area contributed by atoms with Gasteiger partial charge in [-0.1, -0.05) is 36.4 Å². The maximum Gasteiger partial charge on any atom is 0.311 e. The Bertz CT molecular complexity index is 787. The molecule has 130 valence electrons. The number of carbonyl (C=O) groups is 3. The molecule has 2 aromatic carbocycles. The summed E-state index contributed by atoms with van der Waals surface area (Å²) in [5.41, 5.74) is 2.26. The van der Waals surface area contributed by atoms with Crippen LogP contribution in [0.15, 0.2) is 48.5 Å². The highest BCUT2D eigenvalue weighted by atomic mass is 16.4. The third-order valence-electron chi connectivity index (χ3n) is 3.89. The van der Waals surface area contributed by atoms with Crippen molar-refractivity contribution in [2.24, 2.45) is 0 Å². The molecule has 0 bridgehead atoms. The van der Waals surface area contributed by atoms with Gasteiger partial charge in [0.2, 0.25) is 5.91 Å². The molecule has 0 aromatic heterocycles. The van der Waals surface area contributed by atoms with Crippen LogP contribution in [0.5, 0.6) is 0 Å². The fourth-order valence-corrected chi connectivity index (χ4v) is 2.46. The molecule has 0 aliphatic carbocycles. The third kappa shape index (κ3) is 4.67. The number of carboxylic acids is 1. The Kier molecular flexibility index (Phi) is 5.89. The predicted molar refractivity (Wildman–Crippen MR) is 94.6 cm³/mol. The highest BCUT2D eigenvalue weighted by Gasteiger charge is 2.23. The Labute approximate surface area is 145 Å². The van der Waals surface area contributed by atoms with Gasteiger partial charge in [0.1, 0.15) is 0 Å². The molecule has 25 heavy (non-hydrogen) atoms. The van der Waals surface area contributed by atoms with E-state index in [2.05, 4.69) is 10.6 Å². The largest absolute Gasteiger partial charge is 0.481 e. The van der Waals surface area contributed by atoms with Gasteiger partial charge < -0.3 is 15.7 Å². The smallest absolute Gasteiger partial charge is 0.311 e. The molecule has 2 amide bonds. The second-order valence-corrected chi connectivity index (χ2v) is 5.66. The zero-order chi connectivity index (χ0) is 18.4. The predicted octanol–water partition coefficient (Wildman–Crippen LogP) is 2.55. The van der Waals surface area contributed by atoms with Crippen molar-refractivity contribution >= 4 is 23.5 Å². The van der Waals surface area contributed by atoms with Gasteiger partial charge >= 0.3 is 5.97 Å². The van der Waals surface area contributed by atoms with Gasteiger partial charge in [-0.2, -0.15) is 0 Å². The lowest BCUT2D eigenvalue weighted by molar-refractivity contribution is -0.140. The summed E-state index contributed by atoms with van der Waals surface area (Å²) in [5.74, 6) is -2.67. The minimum absolute atomic E-state index is 0.191. The van der Waals surface area contributed by atoms with Crippen molar-refractivity contribution in [1.82, 2.24) is 5.32 Å². The SMILES string of the molecule is CNC(=O)c1ccc(C)c(NC(=O)CC(C(=O)O)c2ccccc2)c1. The molecule has 2 rings (SSSR count). The van der Waals surface area contributed by atoms with Crippen molar-refractivity contribution in [3.63, 3.8) is 0 Å². The third-order valence-corrected chi connectivity index (χ3v) is 3.89. The van der Waals surface area contributed by atoms with Gasteiger partial charge in [0.05, 0.1) is 5.92 Å². The lowest BCUT2D eigenvalue weighted by Gasteiger charge is -2.14. The van der Waals surface area contributed by atoms with Crippen LogP contribution in [0.25, 0.3) is 0 Å². The van der Waals surface area contributed by atoms with Crippen LogP contribution in [0, 0.1) is 6.92 Å². The summed E-state index contributed by atoms with van der Waals surface area (Å²) in [7, 11) is 1.53. The normalized spacial score (nSPS) is 11.4. The quantitative estimate of drug-likeness (QED) is 0.753. The summed E-state index contributed by atoms with van der Waals surface area (Å²) in [6, 6.07) is 13.6. The molecule has 0 fully saturated rings. The van der Waals surface area contributed by atoms with Gasteiger partial charge in [0, 0.05) is 24.7 Å². The molecule has 0 aliphatic heterocycles. The van der Waals surface area contributed by atoms with Gasteiger partial charge in [-0.3, -0.25) is 14.4 Å². The molecule has 1 unspecified atom stereocenters. The monoisotopic (exact) mass is 340 g/mol. The van der Waals surface area contributed by atoms with Crippen molar-refractivity contribution in [2.75, 3.05) is 12.4 Å². The molecule has 3 N–H and O–H groups in total. The Morgan fingerprint density at radius 1 is 1.08 bits per heavy atom. The summed E-state index contributed by atoms with van der Waals surface area (Å²) in [6.07, 6.45) is -0.191. The van der Waals surface area contributed by atoms with Crippen LogP contribution in [0.4, 0.5) is 5.69 Å². The molecule has 1 atom stereocenters. The van der Waals surface area contributed by atoms with Crippen LogP contribution in [0.3, 0.4) is 0 Å². The standard InChI is InChI=1S/C19H20N2O4/c1-12-8-9-14(18(23)20-2)10-16(12)21-17(22)11-15(19(24)25)13-6-4-3-5-7-13/h3-10,15H,11H2,1-2H3,(H,20,23)(H,21,22)(H,24,25). The van der Waals surface area contributed by atoms with Crippen molar-refractivity contribution in [3.05, 3.63) is 65.2 Å². The first-order valence-electron chi connectivity index (χ1n) is 7.82. The number of anilines is 1. The Balaban J connectivity index is 2.16. The topological polar surface area (TPSA) is 95.5 Å². The minimum Gasteiger partial charge on any atom is -0.481 e. The van der Waals surface area contributed by atoms with E-state index in [0.29, 0.717) is 16.8 Å². The molecule has 0 saturated heterocycles. The number of hydrogen-bond acceptors (Lipinski definition) is 3. The number of aryl methyl sites for hydroxylation is 1. The fourth-order valence-electron chi connectivity index (χ4n) is 2.46. The van der Waals surface area contributed by atoms with Gasteiger partial charge in [-0.25, -0.2) is 0 Å². The summed E-state index contributed by atoms with van der Waals surface area (Å²) >= 11 is 0. The highest BCUT2D eigenvalue weighted by Crippen LogP contribution is 2.22. The zero-order valence-corrected chi connectivity index (χ0v) is 14.1. The summed E-state index contributed by atoms with van der Waals surface area (Å²) in [5, 5.41) is 14.6. The van der Waals surface area contributed by atoms with E-state index in [-0.39, 0.29) is 12.3 Å². The summed E-state index contributed by atoms with van der Waals surface area (Å²) in [6.45, 7) is 1.80. The molecule has 0 heterocycles. The lowest BCUT2D eigenvalue weighted by Crippen LogP contribution is -2.22. The number of benzene rings is 2. The maximum atomic E-state index is 12.3. The number of carboxylic acid groups (broad SMARTS) is 1. The van der Waals surface area contributed by atoms with E-state index < -0.39 is 17.8 Å². The van der Waals surface area contributed by atoms with Gasteiger partial charge in [-0.05, 0) is 30.2 Å². The number of hydrogen-bond donors (Lipinski definition) is 3. The molecule has 0 radical (unpaired) electrons. The zero-order valence-electron chi connectivity index (χ0n) is 14.1. The van der Waals surface area contributed by atoms with Crippen LogP contribution in [-0.4, -0.2) is 29.9 Å². The summed E-state index contributed by atoms with van der Waals surface area (Å²) in [4.78, 5) is 35.5. The second kappa shape index (κ2) is 8.10. The van der Waals surface area contributed by atoms with Crippen LogP contribution in [-0.2, 0) is 9.59 Å². The average Bonchev–Trinajstić information content (AvgIpc) is 2.61. The Hall–Kier alpha value is -3.15. The number of amides is 2. The Morgan fingerprint density at radius 2 is 1.76 bits per heavy atom. The van der Waals surface area contributed by atoms with E-state index in [1.807, 2.05) is 0 Å². The first-order chi connectivity index (χ1) is 11.9. The average molecular weight is 340 g/mol.